The molecular weight excluding hydrogens is 252 g/mol. The number of rotatable bonds is 9. The smallest absolute Gasteiger partial charge is 0.329 e. The number of aliphatic carboxylic acids is 3. The number of carboxylic acids is 3. The first kappa shape index (κ1) is 16.3. The summed E-state index contributed by atoms with van der Waals surface area (Å²) in [5.41, 5.74) is -2.19. The Bertz CT molecular complexity index is 308. The summed E-state index contributed by atoms with van der Waals surface area (Å²) in [5, 5.41) is 44.0. The molecule has 0 saturated heterocycles. The standard InChI is InChI=1S/C9H14O9/c10-3-5(11)9(1-6(12)13,2-7(14)15)18-4-8(16)17/h5,10-11H,1-4H2,(H,12,13)(H,14,15)(H,16,17). The highest BCUT2D eigenvalue weighted by molar-refractivity contribution is 5.73. The first-order valence-corrected chi connectivity index (χ1v) is 4.82. The van der Waals surface area contributed by atoms with Crippen molar-refractivity contribution in [1.29, 1.82) is 0 Å². The van der Waals surface area contributed by atoms with Crippen LogP contribution in [0.4, 0.5) is 0 Å². The fraction of sp³-hybridized carbons (Fsp3) is 0.667. The Kier molecular flexibility index (Phi) is 6.23. The molecule has 5 N–H and O–H groups in total. The molecule has 9 nitrogen and oxygen atoms in total. The number of hydrogen-bond acceptors (Lipinski definition) is 6. The highest BCUT2D eigenvalue weighted by Gasteiger charge is 2.43. The van der Waals surface area contributed by atoms with E-state index in [1.54, 1.807) is 0 Å². The van der Waals surface area contributed by atoms with Crippen LogP contribution in [-0.2, 0) is 19.1 Å². The average molecular weight is 266 g/mol. The Morgan fingerprint density at radius 3 is 1.72 bits per heavy atom. The van der Waals surface area contributed by atoms with E-state index in [0.717, 1.165) is 0 Å². The predicted octanol–water partition coefficient (Wildman–Crippen LogP) is -1.87. The van der Waals surface area contributed by atoms with Gasteiger partial charge in [0.05, 0.1) is 19.4 Å². The lowest BCUT2D eigenvalue weighted by Crippen LogP contribution is -2.51. The van der Waals surface area contributed by atoms with Gasteiger partial charge in [0.15, 0.2) is 0 Å². The van der Waals surface area contributed by atoms with E-state index < -0.39 is 55.7 Å². The third-order valence-corrected chi connectivity index (χ3v) is 2.16. The molecule has 0 fully saturated rings. The van der Waals surface area contributed by atoms with Gasteiger partial charge in [0.25, 0.3) is 0 Å². The summed E-state index contributed by atoms with van der Waals surface area (Å²) in [7, 11) is 0. The van der Waals surface area contributed by atoms with Crippen molar-refractivity contribution in [1.82, 2.24) is 0 Å². The van der Waals surface area contributed by atoms with E-state index in [1.165, 1.54) is 0 Å². The molecule has 0 saturated carbocycles. The van der Waals surface area contributed by atoms with Gasteiger partial charge in [-0.25, -0.2) is 4.79 Å². The summed E-state index contributed by atoms with van der Waals surface area (Å²) >= 11 is 0. The van der Waals surface area contributed by atoms with E-state index >= 15 is 0 Å². The van der Waals surface area contributed by atoms with Gasteiger partial charge < -0.3 is 30.3 Å². The highest BCUT2D eigenvalue weighted by atomic mass is 16.5. The van der Waals surface area contributed by atoms with Crippen molar-refractivity contribution >= 4 is 17.9 Å². The molecule has 9 heteroatoms. The Morgan fingerprint density at radius 2 is 1.44 bits per heavy atom. The molecule has 0 bridgehead atoms. The second-order valence-corrected chi connectivity index (χ2v) is 3.59. The first-order valence-electron chi connectivity index (χ1n) is 4.82. The van der Waals surface area contributed by atoms with Crippen LogP contribution in [0.1, 0.15) is 12.8 Å². The molecule has 1 unspecified atom stereocenters. The third-order valence-electron chi connectivity index (χ3n) is 2.16. The van der Waals surface area contributed by atoms with Crippen molar-refractivity contribution in [2.24, 2.45) is 0 Å². The number of aliphatic hydroxyl groups is 2. The van der Waals surface area contributed by atoms with Crippen LogP contribution in [0.3, 0.4) is 0 Å². The maximum Gasteiger partial charge on any atom is 0.329 e. The van der Waals surface area contributed by atoms with Crippen LogP contribution in [0.15, 0.2) is 0 Å². The van der Waals surface area contributed by atoms with Crippen molar-refractivity contribution in [2.45, 2.75) is 24.5 Å². The molecule has 0 aliphatic heterocycles. The summed E-state index contributed by atoms with van der Waals surface area (Å²) in [5.74, 6) is -4.44. The van der Waals surface area contributed by atoms with Crippen molar-refractivity contribution < 1.29 is 44.7 Å². The van der Waals surface area contributed by atoms with E-state index in [4.69, 9.17) is 25.2 Å². The minimum Gasteiger partial charge on any atom is -0.481 e. The van der Waals surface area contributed by atoms with E-state index in [9.17, 15) is 19.5 Å². The molecule has 0 aromatic rings. The predicted molar refractivity (Wildman–Crippen MR) is 53.9 cm³/mol. The van der Waals surface area contributed by atoms with Gasteiger partial charge in [-0.15, -0.1) is 0 Å². The lowest BCUT2D eigenvalue weighted by Gasteiger charge is -2.34. The number of carbonyl (C=O) groups is 3. The molecule has 0 aliphatic rings. The largest absolute Gasteiger partial charge is 0.481 e. The topological polar surface area (TPSA) is 162 Å². The molecule has 0 amide bonds. The lowest BCUT2D eigenvalue weighted by atomic mass is 9.89. The SMILES string of the molecule is O=C(O)COC(CC(=O)O)(CC(=O)O)C(O)CO. The normalized spacial score (nSPS) is 13.0. The van der Waals surface area contributed by atoms with Gasteiger partial charge in [0, 0.05) is 0 Å². The van der Waals surface area contributed by atoms with E-state index in [0.29, 0.717) is 0 Å². The summed E-state index contributed by atoms with van der Waals surface area (Å²) in [6.45, 7) is -1.95. The van der Waals surface area contributed by atoms with E-state index in [-0.39, 0.29) is 0 Å². The highest BCUT2D eigenvalue weighted by Crippen LogP contribution is 2.26. The number of hydrogen-bond donors (Lipinski definition) is 5. The maximum absolute atomic E-state index is 10.6. The Balaban J connectivity index is 5.16. The molecule has 0 heterocycles. The van der Waals surface area contributed by atoms with Gasteiger partial charge >= 0.3 is 17.9 Å². The van der Waals surface area contributed by atoms with Gasteiger partial charge in [0.2, 0.25) is 0 Å². The lowest BCUT2D eigenvalue weighted by molar-refractivity contribution is -0.183. The molecule has 1 atom stereocenters. The molecule has 0 aliphatic carbocycles. The minimum absolute atomic E-state index is 0.950. The zero-order chi connectivity index (χ0) is 14.3. The average Bonchev–Trinajstić information content (AvgIpc) is 2.23. The molecule has 0 radical (unpaired) electrons. The quantitative estimate of drug-likeness (QED) is 0.321. The first-order chi connectivity index (χ1) is 8.23. The molecular formula is C9H14O9. The Morgan fingerprint density at radius 1 is 1.00 bits per heavy atom. The van der Waals surface area contributed by atoms with Crippen molar-refractivity contribution in [3.63, 3.8) is 0 Å². The molecule has 0 aromatic carbocycles. The molecule has 0 aromatic heterocycles. The summed E-state index contributed by atoms with van der Waals surface area (Å²) in [6.07, 6.45) is -3.73. The summed E-state index contributed by atoms with van der Waals surface area (Å²) < 4.78 is 4.69. The van der Waals surface area contributed by atoms with E-state index in [1.807, 2.05) is 0 Å². The van der Waals surface area contributed by atoms with Gasteiger partial charge in [-0.05, 0) is 0 Å². The second-order valence-electron chi connectivity index (χ2n) is 3.59. The molecule has 0 rings (SSSR count). The van der Waals surface area contributed by atoms with Crippen molar-refractivity contribution in [2.75, 3.05) is 13.2 Å². The molecule has 0 spiro atoms. The van der Waals surface area contributed by atoms with Crippen LogP contribution in [-0.4, -0.2) is 68.4 Å². The van der Waals surface area contributed by atoms with Crippen LogP contribution >= 0.6 is 0 Å². The van der Waals surface area contributed by atoms with Crippen molar-refractivity contribution in [3.8, 4) is 0 Å². The summed E-state index contributed by atoms with van der Waals surface area (Å²) in [6, 6.07) is 0. The fourth-order valence-electron chi connectivity index (χ4n) is 1.38. The van der Waals surface area contributed by atoms with Gasteiger partial charge in [-0.2, -0.15) is 0 Å². The fourth-order valence-corrected chi connectivity index (χ4v) is 1.38. The monoisotopic (exact) mass is 266 g/mol. The number of ether oxygens (including phenoxy) is 1. The Labute approximate surface area is 101 Å². The second kappa shape index (κ2) is 6.89. The van der Waals surface area contributed by atoms with Crippen LogP contribution in [0.2, 0.25) is 0 Å². The zero-order valence-corrected chi connectivity index (χ0v) is 9.27. The summed E-state index contributed by atoms with van der Waals surface area (Å²) in [4.78, 5) is 31.7. The number of aliphatic hydroxyl groups excluding tert-OH is 2. The number of carboxylic acid groups (broad SMARTS) is 3. The van der Waals surface area contributed by atoms with Crippen LogP contribution in [0.25, 0.3) is 0 Å². The van der Waals surface area contributed by atoms with E-state index in [2.05, 4.69) is 0 Å². The third kappa shape index (κ3) is 5.08. The van der Waals surface area contributed by atoms with Crippen LogP contribution in [0.5, 0.6) is 0 Å². The minimum atomic E-state index is -2.19. The van der Waals surface area contributed by atoms with Crippen molar-refractivity contribution in [3.05, 3.63) is 0 Å². The van der Waals surface area contributed by atoms with Gasteiger partial charge in [-0.1, -0.05) is 0 Å². The molecule has 104 valence electrons. The molecule has 18 heavy (non-hydrogen) atoms. The van der Waals surface area contributed by atoms with Gasteiger partial charge in [0.1, 0.15) is 18.3 Å². The van der Waals surface area contributed by atoms with Crippen LogP contribution in [0, 0.1) is 0 Å². The van der Waals surface area contributed by atoms with Gasteiger partial charge in [-0.3, -0.25) is 9.59 Å². The maximum atomic E-state index is 10.6. The van der Waals surface area contributed by atoms with Crippen LogP contribution < -0.4 is 0 Å². The zero-order valence-electron chi connectivity index (χ0n) is 9.27. The Hall–Kier alpha value is -1.71.